The molecule has 3 heterocycles. The third kappa shape index (κ3) is 3.37. The maximum atomic E-state index is 14.1. The summed E-state index contributed by atoms with van der Waals surface area (Å²) >= 11 is 0. The fourth-order valence-corrected chi connectivity index (χ4v) is 14.5. The summed E-state index contributed by atoms with van der Waals surface area (Å²) in [4.78, 5) is 29.1. The number of aliphatic hydroxyl groups is 1. The number of carbonyl (C=O) groups is 2. The van der Waals surface area contributed by atoms with Gasteiger partial charge in [-0.1, -0.05) is 73.5 Å². The topological polar surface area (TPSA) is 76.1 Å². The van der Waals surface area contributed by atoms with Crippen LogP contribution in [0.4, 0.5) is 0 Å². The van der Waals surface area contributed by atoms with Gasteiger partial charge >= 0.3 is 5.97 Å². The molecule has 4 fully saturated rings. The van der Waals surface area contributed by atoms with Crippen molar-refractivity contribution in [1.82, 2.24) is 4.90 Å². The van der Waals surface area contributed by atoms with E-state index < -0.39 is 26.1 Å². The van der Waals surface area contributed by atoms with Gasteiger partial charge in [-0.2, -0.15) is 0 Å². The van der Waals surface area contributed by atoms with Crippen LogP contribution >= 0.6 is 0 Å². The van der Waals surface area contributed by atoms with Crippen molar-refractivity contribution in [2.24, 2.45) is 29.6 Å². The zero-order chi connectivity index (χ0) is 26.2. The number of amides is 1. The quantitative estimate of drug-likeness (QED) is 0.152. The lowest BCUT2D eigenvalue weighted by Gasteiger charge is -2.49. The van der Waals surface area contributed by atoms with Crippen LogP contribution < -0.4 is 0 Å². The van der Waals surface area contributed by atoms with Crippen LogP contribution in [0.3, 0.4) is 0 Å². The number of hydrogen-bond donors (Lipinski definition) is 1. The molecular weight excluding hydrogens is 470 g/mol. The van der Waals surface area contributed by atoms with Gasteiger partial charge in [0.05, 0.1) is 0 Å². The van der Waals surface area contributed by atoms with Crippen molar-refractivity contribution in [3.8, 4) is 0 Å². The number of allylic oxidation sites excluding steroid dienone is 3. The van der Waals surface area contributed by atoms with Crippen molar-refractivity contribution in [2.45, 2.75) is 109 Å². The van der Waals surface area contributed by atoms with Gasteiger partial charge in [0.1, 0.15) is 17.3 Å². The van der Waals surface area contributed by atoms with Crippen LogP contribution in [-0.4, -0.2) is 48.6 Å². The summed E-state index contributed by atoms with van der Waals surface area (Å²) in [6, 6.07) is 0. The maximum absolute atomic E-state index is 14.1. The molecule has 1 amide bonds. The van der Waals surface area contributed by atoms with Crippen molar-refractivity contribution in [1.29, 1.82) is 0 Å². The van der Waals surface area contributed by atoms with Gasteiger partial charge in [-0.05, 0) is 53.6 Å². The van der Waals surface area contributed by atoms with Crippen molar-refractivity contribution in [2.75, 3.05) is 6.54 Å². The van der Waals surface area contributed by atoms with Gasteiger partial charge in [0.25, 0.3) is 5.91 Å². The molecule has 36 heavy (non-hydrogen) atoms. The van der Waals surface area contributed by atoms with Gasteiger partial charge in [-0.15, -0.1) is 0 Å². The molecular formula is C29H45NO5Si. The Morgan fingerprint density at radius 2 is 1.69 bits per heavy atom. The lowest BCUT2D eigenvalue weighted by Crippen LogP contribution is -2.61. The molecule has 0 aromatic carbocycles. The molecule has 3 aliphatic heterocycles. The minimum Gasteiger partial charge on any atom is -0.511 e. The Bertz CT molecular complexity index is 964. The minimum absolute atomic E-state index is 0.125. The summed E-state index contributed by atoms with van der Waals surface area (Å²) < 4.78 is 13.4. The lowest BCUT2D eigenvalue weighted by atomic mass is 9.64. The Morgan fingerprint density at radius 1 is 1.06 bits per heavy atom. The molecule has 2 aliphatic carbocycles. The molecule has 0 aromatic heterocycles. The summed E-state index contributed by atoms with van der Waals surface area (Å²) in [7, 11) is -2.48. The van der Waals surface area contributed by atoms with Crippen molar-refractivity contribution in [3.05, 3.63) is 23.5 Å². The monoisotopic (exact) mass is 515 g/mol. The highest BCUT2D eigenvalue weighted by atomic mass is 28.4. The molecule has 0 aromatic rings. The number of hydrogen-bond acceptors (Lipinski definition) is 5. The largest absolute Gasteiger partial charge is 0.511 e. The second-order valence-electron chi connectivity index (χ2n) is 13.0. The van der Waals surface area contributed by atoms with Crippen LogP contribution in [0.2, 0.25) is 16.6 Å². The maximum Gasteiger partial charge on any atom is 0.314 e. The molecule has 3 saturated heterocycles. The van der Waals surface area contributed by atoms with E-state index in [0.29, 0.717) is 47.0 Å². The molecule has 0 spiro atoms. The van der Waals surface area contributed by atoms with Gasteiger partial charge in [0.2, 0.25) is 8.32 Å². The molecule has 7 atom stereocenters. The van der Waals surface area contributed by atoms with E-state index in [-0.39, 0.29) is 29.5 Å². The predicted molar refractivity (Wildman–Crippen MR) is 141 cm³/mol. The molecule has 5 rings (SSSR count). The highest BCUT2D eigenvalue weighted by Gasteiger charge is 2.75. The third-order valence-electron chi connectivity index (χ3n) is 10.4. The van der Waals surface area contributed by atoms with Crippen LogP contribution in [0, 0.1) is 29.6 Å². The van der Waals surface area contributed by atoms with Crippen LogP contribution in [0.1, 0.15) is 80.6 Å². The van der Waals surface area contributed by atoms with Crippen molar-refractivity contribution < 1.29 is 23.9 Å². The normalized spacial score (nSPS) is 39.3. The Hall–Kier alpha value is -1.60. The first-order chi connectivity index (χ1) is 17.0. The van der Waals surface area contributed by atoms with Gasteiger partial charge < -0.3 is 19.2 Å². The smallest absolute Gasteiger partial charge is 0.314 e. The van der Waals surface area contributed by atoms with E-state index in [1.54, 1.807) is 4.90 Å². The number of aliphatic hydroxyl groups excluding tert-OH is 1. The summed E-state index contributed by atoms with van der Waals surface area (Å²) in [6.45, 7) is 15.9. The fraction of sp³-hybridized carbons (Fsp3) is 0.793. The highest BCUT2D eigenvalue weighted by Crippen LogP contribution is 2.59. The number of ether oxygens (including phenoxy) is 1. The minimum atomic E-state index is -2.48. The van der Waals surface area contributed by atoms with Crippen LogP contribution in [0.15, 0.2) is 23.5 Å². The molecule has 0 unspecified atom stereocenters. The standard InChI is InChI=1S/C29H45NO5Si/c1-16(2)36(17(3)4,18(5)6)35-29-22-14-15-30(29)27(32)24(26(29)34-28(22)33)25(31)23-19(7)12-13-20-10-8-9-11-21(20)23/h12-13,16-23,26,31H,8-11,14-15H2,1-7H3/b25-24-/t19-,20+,21-,22-,23-,26-,29+/m0/s1. The van der Waals surface area contributed by atoms with E-state index >= 15 is 0 Å². The summed E-state index contributed by atoms with van der Waals surface area (Å²) in [6.07, 6.45) is 8.78. The van der Waals surface area contributed by atoms with Gasteiger partial charge in [-0.3, -0.25) is 9.59 Å². The first kappa shape index (κ1) is 26.0. The second-order valence-corrected chi connectivity index (χ2v) is 18.3. The summed E-state index contributed by atoms with van der Waals surface area (Å²) in [5.74, 6) is -0.0776. The van der Waals surface area contributed by atoms with E-state index in [4.69, 9.17) is 9.16 Å². The SMILES string of the molecule is CC(C)[Si](O[C@@]12[C@H]3CCN1C(=O)/C(=C(\O)[C@@H]1[C@H]4CCCC[C@@H]4C=C[C@@H]1C)[C@@H]2OC3=O)(C(C)C)C(C)C. The third-order valence-corrected chi connectivity index (χ3v) is 16.5. The number of nitrogens with zero attached hydrogens (tertiary/aromatic N) is 1. The molecule has 5 aliphatic rings. The molecule has 0 bridgehead atoms. The molecule has 200 valence electrons. The zero-order valence-electron chi connectivity index (χ0n) is 23.1. The van der Waals surface area contributed by atoms with E-state index in [9.17, 15) is 14.7 Å². The zero-order valence-corrected chi connectivity index (χ0v) is 24.1. The van der Waals surface area contributed by atoms with E-state index in [0.717, 1.165) is 19.3 Å². The highest BCUT2D eigenvalue weighted by molar-refractivity contribution is 6.77. The number of fused-ring (bicyclic) bond motifs is 1. The molecule has 7 heteroatoms. The van der Waals surface area contributed by atoms with E-state index in [1.807, 2.05) is 0 Å². The Balaban J connectivity index is 1.63. The Morgan fingerprint density at radius 3 is 2.33 bits per heavy atom. The van der Waals surface area contributed by atoms with Crippen molar-refractivity contribution in [3.63, 3.8) is 0 Å². The Labute approximate surface area is 217 Å². The number of carbonyl (C=O) groups excluding carboxylic acids is 2. The fourth-order valence-electron chi connectivity index (χ4n) is 8.90. The molecule has 0 radical (unpaired) electrons. The Kier molecular flexibility index (Phi) is 6.51. The van der Waals surface area contributed by atoms with Gasteiger partial charge in [-0.25, -0.2) is 0 Å². The van der Waals surface area contributed by atoms with Crippen LogP contribution in [0.5, 0.6) is 0 Å². The van der Waals surface area contributed by atoms with E-state index in [1.165, 1.54) is 6.42 Å². The van der Waals surface area contributed by atoms with Crippen LogP contribution in [0.25, 0.3) is 0 Å². The molecule has 1 N–H and O–H groups in total. The average Bonchev–Trinajstić information content (AvgIpc) is 3.40. The second kappa shape index (κ2) is 9.00. The first-order valence-corrected chi connectivity index (χ1v) is 16.5. The lowest BCUT2D eigenvalue weighted by molar-refractivity contribution is -0.143. The summed E-state index contributed by atoms with van der Waals surface area (Å²) in [5, 5.41) is 11.9. The number of rotatable bonds is 6. The average molecular weight is 516 g/mol. The summed E-state index contributed by atoms with van der Waals surface area (Å²) in [5.41, 5.74) is 0.0646. The van der Waals surface area contributed by atoms with Gasteiger partial charge in [0.15, 0.2) is 11.8 Å². The van der Waals surface area contributed by atoms with Gasteiger partial charge in [0, 0.05) is 12.5 Å². The predicted octanol–water partition coefficient (Wildman–Crippen LogP) is 6.10. The molecule has 6 nitrogen and oxygen atoms in total. The molecule has 1 saturated carbocycles. The van der Waals surface area contributed by atoms with Crippen LogP contribution in [-0.2, 0) is 18.8 Å². The first-order valence-electron chi connectivity index (χ1n) is 14.3. The van der Waals surface area contributed by atoms with Crippen molar-refractivity contribution >= 4 is 20.2 Å². The number of esters is 1. The van der Waals surface area contributed by atoms with E-state index in [2.05, 4.69) is 60.6 Å².